The van der Waals surface area contributed by atoms with Crippen molar-refractivity contribution < 1.29 is 4.39 Å². The number of halogens is 2. The molecule has 0 saturated carbocycles. The van der Waals surface area contributed by atoms with E-state index in [1.807, 2.05) is 0 Å². The number of rotatable bonds is 1. The smallest absolute Gasteiger partial charge is 0.141 e. The number of nitrogens with one attached hydrogen (secondary N) is 1. The molecular weight excluding hydrogens is 239 g/mol. The van der Waals surface area contributed by atoms with E-state index in [1.54, 1.807) is 12.1 Å². The lowest BCUT2D eigenvalue weighted by molar-refractivity contribution is 0.301. The first-order valence-corrected chi connectivity index (χ1v) is 6.23. The Hall–Kier alpha value is -0.800. The van der Waals surface area contributed by atoms with Gasteiger partial charge < -0.3 is 10.2 Å². The van der Waals surface area contributed by atoms with Gasteiger partial charge in [0.1, 0.15) is 5.82 Å². The van der Waals surface area contributed by atoms with E-state index in [-0.39, 0.29) is 16.4 Å². The molecule has 1 unspecified atom stereocenters. The van der Waals surface area contributed by atoms with Crippen molar-refractivity contribution in [3.63, 3.8) is 0 Å². The monoisotopic (exact) mass is 256 g/mol. The fourth-order valence-corrected chi connectivity index (χ4v) is 2.68. The van der Waals surface area contributed by atoms with Crippen molar-refractivity contribution in [3.8, 4) is 0 Å². The van der Waals surface area contributed by atoms with Crippen LogP contribution in [0.3, 0.4) is 0 Å². The van der Waals surface area contributed by atoms with Gasteiger partial charge in [0.15, 0.2) is 0 Å². The second-order valence-electron chi connectivity index (χ2n) is 5.41. The molecule has 0 amide bonds. The molecule has 1 aromatic carbocycles. The molecule has 2 nitrogen and oxygen atoms in total. The molecule has 17 heavy (non-hydrogen) atoms. The van der Waals surface area contributed by atoms with Gasteiger partial charge in [-0.1, -0.05) is 11.6 Å². The van der Waals surface area contributed by atoms with Crippen LogP contribution < -0.4 is 10.2 Å². The number of nitrogens with zero attached hydrogens (tertiary/aromatic N) is 1. The van der Waals surface area contributed by atoms with Crippen molar-refractivity contribution in [3.05, 3.63) is 29.0 Å². The first kappa shape index (κ1) is 12.7. The molecule has 0 spiro atoms. The molecule has 1 aromatic rings. The van der Waals surface area contributed by atoms with Crippen molar-refractivity contribution >= 4 is 17.3 Å². The van der Waals surface area contributed by atoms with Crippen LogP contribution in [0.15, 0.2) is 18.2 Å². The Kier molecular flexibility index (Phi) is 3.32. The standard InChI is InChI=1S/C13H18ClFN2/c1-9-7-17(8-13(2,3)16-9)10-4-5-12(15)11(14)6-10/h4-6,9,16H,7-8H2,1-3H3. The molecule has 1 fully saturated rings. The van der Waals surface area contributed by atoms with Gasteiger partial charge in [-0.05, 0) is 39.0 Å². The normalized spacial score (nSPS) is 23.8. The molecule has 1 saturated heterocycles. The lowest BCUT2D eigenvalue weighted by atomic mass is 9.98. The highest BCUT2D eigenvalue weighted by molar-refractivity contribution is 6.31. The average Bonchev–Trinajstić information content (AvgIpc) is 2.19. The molecule has 1 heterocycles. The van der Waals surface area contributed by atoms with Crippen molar-refractivity contribution in [1.82, 2.24) is 5.32 Å². The molecule has 2 rings (SSSR count). The summed E-state index contributed by atoms with van der Waals surface area (Å²) in [5.41, 5.74) is 1.04. The van der Waals surface area contributed by atoms with E-state index in [2.05, 4.69) is 31.0 Å². The van der Waals surface area contributed by atoms with E-state index in [1.165, 1.54) is 6.07 Å². The second-order valence-corrected chi connectivity index (χ2v) is 5.82. The number of hydrogen-bond acceptors (Lipinski definition) is 2. The molecule has 0 bridgehead atoms. The van der Waals surface area contributed by atoms with E-state index >= 15 is 0 Å². The third kappa shape index (κ3) is 2.90. The maximum Gasteiger partial charge on any atom is 0.141 e. The van der Waals surface area contributed by atoms with Gasteiger partial charge >= 0.3 is 0 Å². The highest BCUT2D eigenvalue weighted by Gasteiger charge is 2.29. The quantitative estimate of drug-likeness (QED) is 0.831. The zero-order chi connectivity index (χ0) is 12.6. The molecule has 1 aliphatic heterocycles. The minimum absolute atomic E-state index is 0.0541. The van der Waals surface area contributed by atoms with Gasteiger partial charge in [-0.2, -0.15) is 0 Å². The van der Waals surface area contributed by atoms with Gasteiger partial charge in [0.05, 0.1) is 5.02 Å². The van der Waals surface area contributed by atoms with Gasteiger partial charge in [0.25, 0.3) is 0 Å². The maximum absolute atomic E-state index is 13.1. The summed E-state index contributed by atoms with van der Waals surface area (Å²) in [5, 5.41) is 3.72. The summed E-state index contributed by atoms with van der Waals surface area (Å²) >= 11 is 5.82. The Morgan fingerprint density at radius 3 is 2.76 bits per heavy atom. The van der Waals surface area contributed by atoms with E-state index in [9.17, 15) is 4.39 Å². The van der Waals surface area contributed by atoms with E-state index in [4.69, 9.17) is 11.6 Å². The third-order valence-electron chi connectivity index (χ3n) is 2.99. The summed E-state index contributed by atoms with van der Waals surface area (Å²) in [6, 6.07) is 5.32. The molecule has 4 heteroatoms. The van der Waals surface area contributed by atoms with Crippen LogP contribution in [0.4, 0.5) is 10.1 Å². The fraction of sp³-hybridized carbons (Fsp3) is 0.538. The topological polar surface area (TPSA) is 15.3 Å². The number of hydrogen-bond donors (Lipinski definition) is 1. The zero-order valence-corrected chi connectivity index (χ0v) is 11.2. The average molecular weight is 257 g/mol. The summed E-state index contributed by atoms with van der Waals surface area (Å²) in [6.07, 6.45) is 0. The van der Waals surface area contributed by atoms with Gasteiger partial charge in [0.2, 0.25) is 0 Å². The Labute approximate surface area is 107 Å². The molecule has 1 atom stereocenters. The first-order valence-electron chi connectivity index (χ1n) is 5.85. The van der Waals surface area contributed by atoms with Gasteiger partial charge in [-0.15, -0.1) is 0 Å². The van der Waals surface area contributed by atoms with Gasteiger partial charge in [-0.25, -0.2) is 4.39 Å². The molecule has 94 valence electrons. The predicted molar refractivity (Wildman–Crippen MR) is 70.3 cm³/mol. The minimum Gasteiger partial charge on any atom is -0.368 e. The Morgan fingerprint density at radius 1 is 1.47 bits per heavy atom. The fourth-order valence-electron chi connectivity index (χ4n) is 2.51. The minimum atomic E-state index is -0.363. The molecule has 1 aliphatic rings. The van der Waals surface area contributed by atoms with Crippen LogP contribution >= 0.6 is 11.6 Å². The summed E-state index contributed by atoms with van der Waals surface area (Å²) in [7, 11) is 0. The Morgan fingerprint density at radius 2 is 2.18 bits per heavy atom. The lowest BCUT2D eigenvalue weighted by Crippen LogP contribution is -2.61. The van der Waals surface area contributed by atoms with Crippen LogP contribution in [0, 0.1) is 5.82 Å². The first-order chi connectivity index (χ1) is 7.87. The number of benzene rings is 1. The lowest BCUT2D eigenvalue weighted by Gasteiger charge is -2.44. The van der Waals surface area contributed by atoms with Crippen molar-refractivity contribution in [2.24, 2.45) is 0 Å². The van der Waals surface area contributed by atoms with Crippen LogP contribution in [0.25, 0.3) is 0 Å². The van der Waals surface area contributed by atoms with Crippen LogP contribution in [-0.2, 0) is 0 Å². The van der Waals surface area contributed by atoms with Gasteiger partial charge in [0, 0.05) is 30.4 Å². The zero-order valence-electron chi connectivity index (χ0n) is 10.4. The third-order valence-corrected chi connectivity index (χ3v) is 3.28. The van der Waals surface area contributed by atoms with E-state index in [0.29, 0.717) is 6.04 Å². The van der Waals surface area contributed by atoms with Crippen LogP contribution in [-0.4, -0.2) is 24.7 Å². The van der Waals surface area contributed by atoms with E-state index < -0.39 is 0 Å². The molecular formula is C13H18ClFN2. The predicted octanol–water partition coefficient (Wildman–Crippen LogP) is 3.06. The molecule has 1 N–H and O–H groups in total. The summed E-state index contributed by atoms with van der Waals surface area (Å²) in [5.74, 6) is -0.363. The number of anilines is 1. The van der Waals surface area contributed by atoms with Crippen LogP contribution in [0.2, 0.25) is 5.02 Å². The second kappa shape index (κ2) is 4.46. The summed E-state index contributed by atoms with van der Waals surface area (Å²) < 4.78 is 13.1. The van der Waals surface area contributed by atoms with E-state index in [0.717, 1.165) is 18.8 Å². The molecule has 0 aliphatic carbocycles. The Balaban J connectivity index is 2.24. The van der Waals surface area contributed by atoms with Gasteiger partial charge in [-0.3, -0.25) is 0 Å². The highest BCUT2D eigenvalue weighted by atomic mass is 35.5. The summed E-state index contributed by atoms with van der Waals surface area (Å²) in [4.78, 5) is 2.24. The number of piperazine rings is 1. The SMILES string of the molecule is CC1CN(c2ccc(F)c(Cl)c2)CC(C)(C)N1. The largest absolute Gasteiger partial charge is 0.368 e. The maximum atomic E-state index is 13.1. The van der Waals surface area contributed by atoms with Crippen LogP contribution in [0.1, 0.15) is 20.8 Å². The highest BCUT2D eigenvalue weighted by Crippen LogP contribution is 2.26. The van der Waals surface area contributed by atoms with Crippen molar-refractivity contribution in [1.29, 1.82) is 0 Å². The Bertz CT molecular complexity index is 420. The van der Waals surface area contributed by atoms with Crippen LogP contribution in [0.5, 0.6) is 0 Å². The van der Waals surface area contributed by atoms with Crippen molar-refractivity contribution in [2.75, 3.05) is 18.0 Å². The summed E-state index contributed by atoms with van der Waals surface area (Å²) in [6.45, 7) is 8.28. The van der Waals surface area contributed by atoms with Crippen molar-refractivity contribution in [2.45, 2.75) is 32.4 Å². The molecule has 0 radical (unpaired) electrons. The molecule has 0 aromatic heterocycles.